The first-order valence-electron chi connectivity index (χ1n) is 8.10. The first-order chi connectivity index (χ1) is 12.0. The van der Waals surface area contributed by atoms with E-state index in [0.29, 0.717) is 23.5 Å². The molecule has 25 heavy (non-hydrogen) atoms. The molecule has 2 aromatic heterocycles. The van der Waals surface area contributed by atoms with Crippen LogP contribution in [0.25, 0.3) is 23.5 Å². The van der Waals surface area contributed by atoms with E-state index in [2.05, 4.69) is 37.4 Å². The summed E-state index contributed by atoms with van der Waals surface area (Å²) in [6, 6.07) is 8.11. The smallest absolute Gasteiger partial charge is 0.251 e. The zero-order valence-electron chi connectivity index (χ0n) is 14.8. The van der Waals surface area contributed by atoms with Gasteiger partial charge in [0.2, 0.25) is 17.6 Å². The third-order valence-electron chi connectivity index (χ3n) is 3.47. The normalized spacial score (nSPS) is 11.9. The maximum Gasteiger partial charge on any atom is 0.251 e. The van der Waals surface area contributed by atoms with Crippen LogP contribution in [-0.4, -0.2) is 39.3 Å². The Hall–Kier alpha value is -2.80. The molecule has 3 aromatic rings. The molecule has 3 rings (SSSR count). The molecule has 0 bridgehead atoms. The average Bonchev–Trinajstić information content (AvgIpc) is 3.22. The Kier molecular flexibility index (Phi) is 5.04. The van der Waals surface area contributed by atoms with E-state index in [4.69, 9.17) is 8.94 Å². The standard InChI is InChI=1S/C18H21N5O2/c1-12(2)18-21-20-16(24-18)10-9-15-19-17(22-25-15)14-7-5-13(6-8-14)11-23(3)4/h5-10,12H,11H2,1-4H3. The summed E-state index contributed by atoms with van der Waals surface area (Å²) in [5.41, 5.74) is 2.14. The van der Waals surface area contributed by atoms with Gasteiger partial charge in [0.1, 0.15) is 0 Å². The Morgan fingerprint density at radius 1 is 1.04 bits per heavy atom. The van der Waals surface area contributed by atoms with Gasteiger partial charge < -0.3 is 13.8 Å². The molecular formula is C18H21N5O2. The molecule has 1 aromatic carbocycles. The van der Waals surface area contributed by atoms with Crippen molar-refractivity contribution < 1.29 is 8.94 Å². The molecule has 0 spiro atoms. The van der Waals surface area contributed by atoms with Gasteiger partial charge in [-0.25, -0.2) is 0 Å². The summed E-state index contributed by atoms with van der Waals surface area (Å²) in [6.45, 7) is 4.88. The van der Waals surface area contributed by atoms with Crippen molar-refractivity contribution in [2.75, 3.05) is 14.1 Å². The predicted molar refractivity (Wildman–Crippen MR) is 94.4 cm³/mol. The lowest BCUT2D eigenvalue weighted by Crippen LogP contribution is -2.10. The summed E-state index contributed by atoms with van der Waals surface area (Å²) in [7, 11) is 4.08. The largest absolute Gasteiger partial charge is 0.421 e. The van der Waals surface area contributed by atoms with Crippen LogP contribution in [0.5, 0.6) is 0 Å². The molecule has 0 aliphatic heterocycles. The maximum atomic E-state index is 5.50. The number of hydrogen-bond acceptors (Lipinski definition) is 7. The highest BCUT2D eigenvalue weighted by molar-refractivity contribution is 5.63. The Morgan fingerprint density at radius 2 is 1.76 bits per heavy atom. The Balaban J connectivity index is 1.70. The molecule has 0 saturated carbocycles. The first kappa shape index (κ1) is 17.0. The molecule has 0 saturated heterocycles. The van der Waals surface area contributed by atoms with E-state index in [-0.39, 0.29) is 5.92 Å². The zero-order chi connectivity index (χ0) is 17.8. The van der Waals surface area contributed by atoms with E-state index < -0.39 is 0 Å². The fourth-order valence-electron chi connectivity index (χ4n) is 2.23. The maximum absolute atomic E-state index is 5.50. The SMILES string of the molecule is CC(C)c1nnc(C=Cc2nc(-c3ccc(CN(C)C)cc3)no2)o1. The molecule has 0 aliphatic carbocycles. The van der Waals surface area contributed by atoms with Gasteiger partial charge in [0.05, 0.1) is 0 Å². The minimum Gasteiger partial charge on any atom is -0.421 e. The van der Waals surface area contributed by atoms with E-state index in [0.717, 1.165) is 12.1 Å². The zero-order valence-corrected chi connectivity index (χ0v) is 14.8. The molecule has 0 amide bonds. The van der Waals surface area contributed by atoms with Crippen LogP contribution in [-0.2, 0) is 6.54 Å². The Morgan fingerprint density at radius 3 is 2.40 bits per heavy atom. The van der Waals surface area contributed by atoms with Crippen LogP contribution in [0.1, 0.15) is 43.0 Å². The van der Waals surface area contributed by atoms with E-state index in [1.165, 1.54) is 5.56 Å². The minimum absolute atomic E-state index is 0.195. The molecule has 0 radical (unpaired) electrons. The van der Waals surface area contributed by atoms with Crippen molar-refractivity contribution in [3.63, 3.8) is 0 Å². The van der Waals surface area contributed by atoms with Crippen molar-refractivity contribution in [3.05, 3.63) is 47.5 Å². The van der Waals surface area contributed by atoms with Gasteiger partial charge >= 0.3 is 0 Å². The highest BCUT2D eigenvalue weighted by Gasteiger charge is 2.09. The molecular weight excluding hydrogens is 318 g/mol. The van der Waals surface area contributed by atoms with Crippen LogP contribution in [0.4, 0.5) is 0 Å². The lowest BCUT2D eigenvalue weighted by atomic mass is 10.1. The topological polar surface area (TPSA) is 81.1 Å². The third-order valence-corrected chi connectivity index (χ3v) is 3.47. The molecule has 7 nitrogen and oxygen atoms in total. The molecule has 130 valence electrons. The number of benzene rings is 1. The van der Waals surface area contributed by atoms with Crippen molar-refractivity contribution in [2.45, 2.75) is 26.3 Å². The monoisotopic (exact) mass is 339 g/mol. The van der Waals surface area contributed by atoms with E-state index in [1.807, 2.05) is 40.1 Å². The Labute approximate surface area is 146 Å². The van der Waals surface area contributed by atoms with Crippen LogP contribution < -0.4 is 0 Å². The van der Waals surface area contributed by atoms with Crippen LogP contribution in [0.15, 0.2) is 33.2 Å². The molecule has 2 heterocycles. The van der Waals surface area contributed by atoms with Crippen molar-refractivity contribution in [2.24, 2.45) is 0 Å². The number of hydrogen-bond donors (Lipinski definition) is 0. The minimum atomic E-state index is 0.195. The van der Waals surface area contributed by atoms with E-state index >= 15 is 0 Å². The second-order valence-electron chi connectivity index (χ2n) is 6.36. The van der Waals surface area contributed by atoms with Gasteiger partial charge in [0, 0.05) is 30.2 Å². The fraction of sp³-hybridized carbons (Fsp3) is 0.333. The number of aromatic nitrogens is 4. The molecule has 0 fully saturated rings. The first-order valence-corrected chi connectivity index (χ1v) is 8.10. The third kappa shape index (κ3) is 4.39. The summed E-state index contributed by atoms with van der Waals surface area (Å²) in [5, 5.41) is 11.9. The summed E-state index contributed by atoms with van der Waals surface area (Å²) in [5.74, 6) is 2.14. The lowest BCUT2D eigenvalue weighted by Gasteiger charge is -2.09. The number of rotatable bonds is 6. The van der Waals surface area contributed by atoms with Gasteiger partial charge in [0.15, 0.2) is 0 Å². The summed E-state index contributed by atoms with van der Waals surface area (Å²) in [6.07, 6.45) is 3.32. The van der Waals surface area contributed by atoms with Crippen LogP contribution in [0.2, 0.25) is 0 Å². The van der Waals surface area contributed by atoms with Crippen molar-refractivity contribution >= 4 is 12.2 Å². The second-order valence-corrected chi connectivity index (χ2v) is 6.36. The van der Waals surface area contributed by atoms with Crippen molar-refractivity contribution in [1.29, 1.82) is 0 Å². The van der Waals surface area contributed by atoms with Gasteiger partial charge in [-0.2, -0.15) is 4.98 Å². The summed E-state index contributed by atoms with van der Waals surface area (Å²) < 4.78 is 10.7. The highest BCUT2D eigenvalue weighted by atomic mass is 16.5. The highest BCUT2D eigenvalue weighted by Crippen LogP contribution is 2.18. The Bertz CT molecular complexity index is 846. The molecule has 0 aliphatic rings. The molecule has 0 N–H and O–H groups in total. The second kappa shape index (κ2) is 7.40. The molecule has 7 heteroatoms. The quantitative estimate of drug-likeness (QED) is 0.680. The summed E-state index contributed by atoms with van der Waals surface area (Å²) >= 11 is 0. The molecule has 0 atom stereocenters. The number of nitrogens with zero attached hydrogens (tertiary/aromatic N) is 5. The van der Waals surface area contributed by atoms with Crippen molar-refractivity contribution in [1.82, 2.24) is 25.2 Å². The summed E-state index contributed by atoms with van der Waals surface area (Å²) in [4.78, 5) is 6.48. The van der Waals surface area contributed by atoms with Gasteiger partial charge in [-0.05, 0) is 19.7 Å². The van der Waals surface area contributed by atoms with Gasteiger partial charge in [-0.15, -0.1) is 10.2 Å². The average molecular weight is 339 g/mol. The van der Waals surface area contributed by atoms with Gasteiger partial charge in [-0.1, -0.05) is 43.3 Å². The van der Waals surface area contributed by atoms with E-state index in [1.54, 1.807) is 12.2 Å². The fourth-order valence-corrected chi connectivity index (χ4v) is 2.23. The van der Waals surface area contributed by atoms with Crippen molar-refractivity contribution in [3.8, 4) is 11.4 Å². The van der Waals surface area contributed by atoms with E-state index in [9.17, 15) is 0 Å². The van der Waals surface area contributed by atoms with Gasteiger partial charge in [0.25, 0.3) is 5.89 Å². The van der Waals surface area contributed by atoms with Gasteiger partial charge in [-0.3, -0.25) is 0 Å². The molecule has 0 unspecified atom stereocenters. The predicted octanol–water partition coefficient (Wildman–Crippen LogP) is 3.48. The van der Waals surface area contributed by atoms with Crippen LogP contribution in [0, 0.1) is 0 Å². The van der Waals surface area contributed by atoms with Crippen LogP contribution >= 0.6 is 0 Å². The lowest BCUT2D eigenvalue weighted by molar-refractivity contribution is 0.402. The van der Waals surface area contributed by atoms with Crippen LogP contribution in [0.3, 0.4) is 0 Å².